The zero-order chi connectivity index (χ0) is 10.8. The fraction of sp³-hybridized carbons (Fsp3) is 0.200. The summed E-state index contributed by atoms with van der Waals surface area (Å²) in [6.45, 7) is 0. The monoisotopic (exact) mass is 205 g/mol. The Morgan fingerprint density at radius 1 is 1.20 bits per heavy atom. The molecule has 2 rings (SSSR count). The summed E-state index contributed by atoms with van der Waals surface area (Å²) in [4.78, 5) is 22.1. The first-order chi connectivity index (χ1) is 7.15. The Bertz CT molecular complexity index is 400. The molecular weight excluding hydrogens is 194 g/mol. The molecular formula is C10H11N3O2. The van der Waals surface area contributed by atoms with Gasteiger partial charge in [-0.05, 0) is 17.7 Å². The number of nitrogens with one attached hydrogen (secondary N) is 2. The molecule has 1 heterocycles. The lowest BCUT2D eigenvalue weighted by atomic mass is 10.1. The van der Waals surface area contributed by atoms with E-state index >= 15 is 0 Å². The second-order valence-electron chi connectivity index (χ2n) is 3.46. The maximum absolute atomic E-state index is 11.2. The number of hydrogen-bond donors (Lipinski definition) is 3. The predicted molar refractivity (Wildman–Crippen MR) is 55.0 cm³/mol. The van der Waals surface area contributed by atoms with Crippen LogP contribution in [0.4, 0.5) is 10.5 Å². The minimum atomic E-state index is -0.471. The van der Waals surface area contributed by atoms with Crippen molar-refractivity contribution in [3.05, 3.63) is 29.8 Å². The molecule has 0 unspecified atom stereocenters. The molecule has 0 saturated carbocycles. The van der Waals surface area contributed by atoms with Gasteiger partial charge in [0.2, 0.25) is 0 Å². The summed E-state index contributed by atoms with van der Waals surface area (Å²) in [5.41, 5.74) is 7.18. The number of urea groups is 1. The van der Waals surface area contributed by atoms with Crippen LogP contribution in [-0.4, -0.2) is 18.0 Å². The molecule has 5 nitrogen and oxygen atoms in total. The third-order valence-corrected chi connectivity index (χ3v) is 2.28. The van der Waals surface area contributed by atoms with Crippen LogP contribution in [0.2, 0.25) is 0 Å². The SMILES string of the molecule is Nc1ccc(C[C@@H]2NC(=O)NC2=O)cc1. The Labute approximate surface area is 86.6 Å². The molecule has 0 aromatic heterocycles. The molecule has 1 aliphatic rings. The minimum Gasteiger partial charge on any atom is -0.399 e. The highest BCUT2D eigenvalue weighted by Crippen LogP contribution is 2.09. The number of benzene rings is 1. The van der Waals surface area contributed by atoms with Crippen LogP contribution < -0.4 is 16.4 Å². The molecule has 1 aromatic rings. The van der Waals surface area contributed by atoms with E-state index in [1.807, 2.05) is 12.1 Å². The molecule has 1 fully saturated rings. The number of imide groups is 1. The van der Waals surface area contributed by atoms with Gasteiger partial charge in [0.15, 0.2) is 0 Å². The highest BCUT2D eigenvalue weighted by Gasteiger charge is 2.29. The van der Waals surface area contributed by atoms with Gasteiger partial charge in [0.1, 0.15) is 6.04 Å². The third-order valence-electron chi connectivity index (χ3n) is 2.28. The summed E-state index contributed by atoms with van der Waals surface area (Å²) >= 11 is 0. The third kappa shape index (κ3) is 2.07. The zero-order valence-electron chi connectivity index (χ0n) is 7.99. The second-order valence-corrected chi connectivity index (χ2v) is 3.46. The lowest BCUT2D eigenvalue weighted by molar-refractivity contribution is -0.120. The first-order valence-electron chi connectivity index (χ1n) is 4.61. The van der Waals surface area contributed by atoms with E-state index in [4.69, 9.17) is 5.73 Å². The van der Waals surface area contributed by atoms with Gasteiger partial charge in [0, 0.05) is 12.1 Å². The summed E-state index contributed by atoms with van der Waals surface area (Å²) in [5.74, 6) is -0.281. The Morgan fingerprint density at radius 3 is 2.40 bits per heavy atom. The Balaban J connectivity index is 2.06. The minimum absolute atomic E-state index is 0.281. The largest absolute Gasteiger partial charge is 0.399 e. The number of amides is 3. The quantitative estimate of drug-likeness (QED) is 0.470. The molecule has 0 bridgehead atoms. The average molecular weight is 205 g/mol. The van der Waals surface area contributed by atoms with Gasteiger partial charge < -0.3 is 11.1 Å². The standard InChI is InChI=1S/C10H11N3O2/c11-7-3-1-6(2-4-7)5-8-9(14)13-10(15)12-8/h1-4,8H,5,11H2,(H2,12,13,14,15)/t8-/m0/s1. The summed E-state index contributed by atoms with van der Waals surface area (Å²) in [6.07, 6.45) is 0.484. The van der Waals surface area contributed by atoms with Crippen molar-refractivity contribution < 1.29 is 9.59 Å². The summed E-state index contributed by atoms with van der Waals surface area (Å²) < 4.78 is 0. The van der Waals surface area contributed by atoms with E-state index in [1.165, 1.54) is 0 Å². The average Bonchev–Trinajstić information content (AvgIpc) is 2.49. The highest BCUT2D eigenvalue weighted by atomic mass is 16.2. The number of carbonyl (C=O) groups is 2. The smallest absolute Gasteiger partial charge is 0.322 e. The van der Waals surface area contributed by atoms with E-state index in [9.17, 15) is 9.59 Å². The van der Waals surface area contributed by atoms with Crippen molar-refractivity contribution in [1.82, 2.24) is 10.6 Å². The van der Waals surface area contributed by atoms with E-state index in [0.717, 1.165) is 5.56 Å². The number of nitrogens with two attached hydrogens (primary N) is 1. The van der Waals surface area contributed by atoms with Crippen molar-refractivity contribution in [3.8, 4) is 0 Å². The van der Waals surface area contributed by atoms with Crippen LogP contribution >= 0.6 is 0 Å². The van der Waals surface area contributed by atoms with Crippen LogP contribution in [0.15, 0.2) is 24.3 Å². The van der Waals surface area contributed by atoms with Crippen LogP contribution in [0.25, 0.3) is 0 Å². The van der Waals surface area contributed by atoms with Crippen LogP contribution in [0.3, 0.4) is 0 Å². The number of carbonyl (C=O) groups excluding carboxylic acids is 2. The van der Waals surface area contributed by atoms with Crippen molar-refractivity contribution in [3.63, 3.8) is 0 Å². The summed E-state index contributed by atoms with van der Waals surface area (Å²) in [7, 11) is 0. The van der Waals surface area contributed by atoms with E-state index in [-0.39, 0.29) is 5.91 Å². The second kappa shape index (κ2) is 3.61. The first kappa shape index (κ1) is 9.51. The van der Waals surface area contributed by atoms with Gasteiger partial charge in [-0.2, -0.15) is 0 Å². The van der Waals surface area contributed by atoms with Crippen molar-refractivity contribution in [2.45, 2.75) is 12.5 Å². The lowest BCUT2D eigenvalue weighted by Crippen LogP contribution is -2.31. The van der Waals surface area contributed by atoms with Gasteiger partial charge in [-0.3, -0.25) is 10.1 Å². The topological polar surface area (TPSA) is 84.2 Å². The van der Waals surface area contributed by atoms with Crippen molar-refractivity contribution in [2.75, 3.05) is 5.73 Å². The predicted octanol–water partition coefficient (Wildman–Crippen LogP) is 0.0193. The highest BCUT2D eigenvalue weighted by molar-refractivity contribution is 6.04. The maximum atomic E-state index is 11.2. The van der Waals surface area contributed by atoms with Crippen LogP contribution in [0.1, 0.15) is 5.56 Å². The van der Waals surface area contributed by atoms with Crippen LogP contribution in [0.5, 0.6) is 0 Å². The van der Waals surface area contributed by atoms with Crippen molar-refractivity contribution in [2.24, 2.45) is 0 Å². The van der Waals surface area contributed by atoms with Crippen molar-refractivity contribution >= 4 is 17.6 Å². The van der Waals surface area contributed by atoms with E-state index in [0.29, 0.717) is 12.1 Å². The first-order valence-corrected chi connectivity index (χ1v) is 4.61. The zero-order valence-corrected chi connectivity index (χ0v) is 7.99. The molecule has 1 atom stereocenters. The molecule has 78 valence electrons. The number of hydrogen-bond acceptors (Lipinski definition) is 3. The van der Waals surface area contributed by atoms with Crippen molar-refractivity contribution in [1.29, 1.82) is 0 Å². The molecule has 0 spiro atoms. The lowest BCUT2D eigenvalue weighted by Gasteiger charge is -2.06. The van der Waals surface area contributed by atoms with Gasteiger partial charge in [-0.15, -0.1) is 0 Å². The molecule has 5 heteroatoms. The molecule has 1 saturated heterocycles. The van der Waals surface area contributed by atoms with Gasteiger partial charge in [0.25, 0.3) is 5.91 Å². The maximum Gasteiger partial charge on any atom is 0.322 e. The Morgan fingerprint density at radius 2 is 1.87 bits per heavy atom. The van der Waals surface area contributed by atoms with Gasteiger partial charge in [0.05, 0.1) is 0 Å². The molecule has 3 amide bonds. The normalized spacial score (nSPS) is 19.9. The molecule has 1 aliphatic heterocycles. The number of rotatable bonds is 2. The summed E-state index contributed by atoms with van der Waals surface area (Å²) in [6, 6.07) is 6.32. The van der Waals surface area contributed by atoms with E-state index in [2.05, 4.69) is 10.6 Å². The van der Waals surface area contributed by atoms with Gasteiger partial charge in [-0.25, -0.2) is 4.79 Å². The Kier molecular flexibility index (Phi) is 2.29. The fourth-order valence-electron chi connectivity index (χ4n) is 1.49. The van der Waals surface area contributed by atoms with E-state index in [1.54, 1.807) is 12.1 Å². The molecule has 4 N–H and O–H groups in total. The molecule has 1 aromatic carbocycles. The molecule has 15 heavy (non-hydrogen) atoms. The number of nitrogen functional groups attached to an aromatic ring is 1. The fourth-order valence-corrected chi connectivity index (χ4v) is 1.49. The number of anilines is 1. The summed E-state index contributed by atoms with van der Waals surface area (Å²) in [5, 5.41) is 4.72. The van der Waals surface area contributed by atoms with Gasteiger partial charge in [-0.1, -0.05) is 12.1 Å². The van der Waals surface area contributed by atoms with E-state index < -0.39 is 12.1 Å². The van der Waals surface area contributed by atoms with Gasteiger partial charge >= 0.3 is 6.03 Å². The Hall–Kier alpha value is -2.04. The van der Waals surface area contributed by atoms with Crippen LogP contribution in [0, 0.1) is 0 Å². The molecule has 0 radical (unpaired) electrons. The van der Waals surface area contributed by atoms with Crippen LogP contribution in [-0.2, 0) is 11.2 Å². The molecule has 0 aliphatic carbocycles.